The molecule has 1 N–H and O–H groups in total. The summed E-state index contributed by atoms with van der Waals surface area (Å²) in [6.07, 6.45) is 2.03. The normalized spacial score (nSPS) is 13.4. The molecule has 0 aliphatic carbocycles. The van der Waals surface area contributed by atoms with E-state index in [2.05, 4.69) is 11.4 Å². The topological polar surface area (TPSA) is 41.6 Å². The lowest BCUT2D eigenvalue weighted by Gasteiger charge is -2.29. The van der Waals surface area contributed by atoms with E-state index in [-0.39, 0.29) is 6.03 Å². The summed E-state index contributed by atoms with van der Waals surface area (Å²) in [5.41, 5.74) is 3.23. The van der Waals surface area contributed by atoms with Crippen molar-refractivity contribution in [3.05, 3.63) is 59.7 Å². The van der Waals surface area contributed by atoms with Crippen LogP contribution in [0.4, 0.5) is 10.5 Å². The maximum Gasteiger partial charge on any atom is 0.322 e. The predicted molar refractivity (Wildman–Crippen MR) is 87.3 cm³/mol. The molecule has 0 fully saturated rings. The van der Waals surface area contributed by atoms with E-state index in [1.807, 2.05) is 47.4 Å². The van der Waals surface area contributed by atoms with Gasteiger partial charge in [0.15, 0.2) is 0 Å². The zero-order valence-electron chi connectivity index (χ0n) is 12.7. The summed E-state index contributed by atoms with van der Waals surface area (Å²) in [6, 6.07) is 15.8. The monoisotopic (exact) mass is 296 g/mol. The Morgan fingerprint density at radius 3 is 2.82 bits per heavy atom. The molecule has 1 aliphatic heterocycles. The molecule has 1 heterocycles. The third-order valence-corrected chi connectivity index (χ3v) is 3.98. The molecular formula is C18H20N2O2. The van der Waals surface area contributed by atoms with Gasteiger partial charge < -0.3 is 10.1 Å². The Hall–Kier alpha value is -2.49. The molecule has 0 radical (unpaired) electrons. The highest BCUT2D eigenvalue weighted by atomic mass is 16.5. The molecule has 0 spiro atoms. The summed E-state index contributed by atoms with van der Waals surface area (Å²) < 4.78 is 5.31. The number of anilines is 1. The Kier molecular flexibility index (Phi) is 4.28. The highest BCUT2D eigenvalue weighted by molar-refractivity contribution is 5.93. The molecule has 2 aromatic carbocycles. The standard InChI is InChI=1S/C18H20N2O2/c1-22-17-11-5-3-8-15(17)13-19-18(21)20-12-6-9-14-7-2-4-10-16(14)20/h2-5,7-8,10-11H,6,9,12-13H2,1H3,(H,19,21). The van der Waals surface area contributed by atoms with Gasteiger partial charge in [-0.25, -0.2) is 4.79 Å². The third-order valence-electron chi connectivity index (χ3n) is 3.98. The van der Waals surface area contributed by atoms with Gasteiger partial charge in [0.2, 0.25) is 0 Å². The van der Waals surface area contributed by atoms with Gasteiger partial charge in [-0.05, 0) is 30.5 Å². The van der Waals surface area contributed by atoms with Crippen molar-refractivity contribution in [3.63, 3.8) is 0 Å². The van der Waals surface area contributed by atoms with Gasteiger partial charge in [-0.15, -0.1) is 0 Å². The Labute approximate surface area is 130 Å². The maximum absolute atomic E-state index is 12.5. The first-order valence-electron chi connectivity index (χ1n) is 7.55. The first-order chi connectivity index (χ1) is 10.8. The van der Waals surface area contributed by atoms with E-state index in [1.54, 1.807) is 7.11 Å². The molecule has 2 aromatic rings. The van der Waals surface area contributed by atoms with Crippen LogP contribution in [0.15, 0.2) is 48.5 Å². The van der Waals surface area contributed by atoms with Crippen molar-refractivity contribution in [2.75, 3.05) is 18.6 Å². The lowest BCUT2D eigenvalue weighted by molar-refractivity contribution is 0.245. The third kappa shape index (κ3) is 2.91. The minimum atomic E-state index is -0.0574. The fourth-order valence-corrected chi connectivity index (χ4v) is 2.86. The number of fused-ring (bicyclic) bond motifs is 1. The van der Waals surface area contributed by atoms with E-state index in [0.29, 0.717) is 6.54 Å². The molecule has 22 heavy (non-hydrogen) atoms. The van der Waals surface area contributed by atoms with E-state index in [1.165, 1.54) is 5.56 Å². The lowest BCUT2D eigenvalue weighted by atomic mass is 10.0. The lowest BCUT2D eigenvalue weighted by Crippen LogP contribution is -2.42. The first-order valence-corrected chi connectivity index (χ1v) is 7.55. The van der Waals surface area contributed by atoms with E-state index in [4.69, 9.17) is 4.74 Å². The summed E-state index contributed by atoms with van der Waals surface area (Å²) in [5, 5.41) is 2.99. The van der Waals surface area contributed by atoms with Gasteiger partial charge in [-0.3, -0.25) is 4.90 Å². The van der Waals surface area contributed by atoms with Crippen molar-refractivity contribution < 1.29 is 9.53 Å². The molecule has 0 unspecified atom stereocenters. The SMILES string of the molecule is COc1ccccc1CNC(=O)N1CCCc2ccccc21. The van der Waals surface area contributed by atoms with Crippen LogP contribution in [-0.2, 0) is 13.0 Å². The van der Waals surface area contributed by atoms with Crippen molar-refractivity contribution in [3.8, 4) is 5.75 Å². The quantitative estimate of drug-likeness (QED) is 0.943. The fourth-order valence-electron chi connectivity index (χ4n) is 2.86. The minimum Gasteiger partial charge on any atom is -0.496 e. The Morgan fingerprint density at radius 2 is 1.95 bits per heavy atom. The summed E-state index contributed by atoms with van der Waals surface area (Å²) in [4.78, 5) is 14.3. The van der Waals surface area contributed by atoms with Crippen LogP contribution in [0.2, 0.25) is 0 Å². The summed E-state index contributed by atoms with van der Waals surface area (Å²) in [6.45, 7) is 1.22. The molecule has 4 heteroatoms. The van der Waals surface area contributed by atoms with Crippen LogP contribution in [0.1, 0.15) is 17.5 Å². The number of hydrogen-bond acceptors (Lipinski definition) is 2. The number of nitrogens with one attached hydrogen (secondary N) is 1. The molecule has 0 saturated carbocycles. The number of urea groups is 1. The van der Waals surface area contributed by atoms with Crippen molar-refractivity contribution in [2.24, 2.45) is 0 Å². The number of carbonyl (C=O) groups excluding carboxylic acids is 1. The Balaban J connectivity index is 1.71. The van der Waals surface area contributed by atoms with Gasteiger partial charge in [0.1, 0.15) is 5.75 Å². The van der Waals surface area contributed by atoms with E-state index in [9.17, 15) is 4.79 Å². The second kappa shape index (κ2) is 6.52. The largest absolute Gasteiger partial charge is 0.496 e. The molecule has 0 atom stereocenters. The van der Waals surface area contributed by atoms with Crippen molar-refractivity contribution in [1.82, 2.24) is 5.32 Å². The number of methoxy groups -OCH3 is 1. The first kappa shape index (κ1) is 14.4. The number of amides is 2. The highest BCUT2D eigenvalue weighted by Crippen LogP contribution is 2.26. The molecule has 0 saturated heterocycles. The van der Waals surface area contributed by atoms with Gasteiger partial charge in [0.05, 0.1) is 7.11 Å². The van der Waals surface area contributed by atoms with Gasteiger partial charge in [0.25, 0.3) is 0 Å². The molecule has 0 bridgehead atoms. The van der Waals surface area contributed by atoms with E-state index in [0.717, 1.165) is 36.4 Å². The van der Waals surface area contributed by atoms with Crippen LogP contribution in [0.25, 0.3) is 0 Å². The molecular weight excluding hydrogens is 276 g/mol. The van der Waals surface area contributed by atoms with Gasteiger partial charge in [-0.1, -0.05) is 36.4 Å². The molecule has 114 valence electrons. The van der Waals surface area contributed by atoms with Crippen molar-refractivity contribution in [1.29, 1.82) is 0 Å². The summed E-state index contributed by atoms with van der Waals surface area (Å²) >= 11 is 0. The van der Waals surface area contributed by atoms with Crippen LogP contribution < -0.4 is 15.0 Å². The second-order valence-corrected chi connectivity index (χ2v) is 5.35. The van der Waals surface area contributed by atoms with Gasteiger partial charge >= 0.3 is 6.03 Å². The van der Waals surface area contributed by atoms with Crippen LogP contribution in [0.3, 0.4) is 0 Å². The molecule has 2 amide bonds. The number of carbonyl (C=O) groups is 1. The maximum atomic E-state index is 12.5. The van der Waals surface area contributed by atoms with Crippen LogP contribution in [0.5, 0.6) is 5.75 Å². The Bertz CT molecular complexity index is 670. The second-order valence-electron chi connectivity index (χ2n) is 5.35. The number of benzene rings is 2. The number of rotatable bonds is 3. The highest BCUT2D eigenvalue weighted by Gasteiger charge is 2.21. The molecule has 1 aliphatic rings. The molecule has 3 rings (SSSR count). The van der Waals surface area contributed by atoms with E-state index >= 15 is 0 Å². The molecule has 0 aromatic heterocycles. The fraction of sp³-hybridized carbons (Fsp3) is 0.278. The van der Waals surface area contributed by atoms with E-state index < -0.39 is 0 Å². The summed E-state index contributed by atoms with van der Waals surface area (Å²) in [7, 11) is 1.64. The van der Waals surface area contributed by atoms with Crippen molar-refractivity contribution in [2.45, 2.75) is 19.4 Å². The van der Waals surface area contributed by atoms with Crippen LogP contribution in [0, 0.1) is 0 Å². The Morgan fingerprint density at radius 1 is 1.18 bits per heavy atom. The average Bonchev–Trinajstić information content (AvgIpc) is 2.59. The number of hydrogen-bond donors (Lipinski definition) is 1. The van der Waals surface area contributed by atoms with Crippen LogP contribution >= 0.6 is 0 Å². The number of aryl methyl sites for hydroxylation is 1. The zero-order chi connectivity index (χ0) is 15.4. The van der Waals surface area contributed by atoms with Gasteiger partial charge in [0, 0.05) is 24.3 Å². The molecule has 4 nitrogen and oxygen atoms in total. The predicted octanol–water partition coefficient (Wildman–Crippen LogP) is 3.36. The smallest absolute Gasteiger partial charge is 0.322 e. The average molecular weight is 296 g/mol. The summed E-state index contributed by atoms with van der Waals surface area (Å²) in [5.74, 6) is 0.793. The number of para-hydroxylation sites is 2. The number of nitrogens with zero attached hydrogens (tertiary/aromatic N) is 1. The number of ether oxygens (including phenoxy) is 1. The van der Waals surface area contributed by atoms with Crippen LogP contribution in [-0.4, -0.2) is 19.7 Å². The minimum absolute atomic E-state index is 0.0574. The van der Waals surface area contributed by atoms with Gasteiger partial charge in [-0.2, -0.15) is 0 Å². The zero-order valence-corrected chi connectivity index (χ0v) is 12.7. The van der Waals surface area contributed by atoms with Crippen molar-refractivity contribution >= 4 is 11.7 Å².